The SMILES string of the molecule is CCCC(C)Nc1cc(C)nc(C(=O)OC)n1. The summed E-state index contributed by atoms with van der Waals surface area (Å²) < 4.78 is 4.61. The largest absolute Gasteiger partial charge is 0.463 e. The maximum Gasteiger partial charge on any atom is 0.376 e. The van der Waals surface area contributed by atoms with Crippen molar-refractivity contribution in [1.29, 1.82) is 0 Å². The summed E-state index contributed by atoms with van der Waals surface area (Å²) in [7, 11) is 1.32. The maximum atomic E-state index is 11.4. The number of carbonyl (C=O) groups is 1. The van der Waals surface area contributed by atoms with Crippen LogP contribution in [0.3, 0.4) is 0 Å². The van der Waals surface area contributed by atoms with E-state index in [0.717, 1.165) is 18.5 Å². The number of aromatic nitrogens is 2. The van der Waals surface area contributed by atoms with Crippen LogP contribution in [0.2, 0.25) is 0 Å². The van der Waals surface area contributed by atoms with E-state index in [1.54, 1.807) is 0 Å². The fraction of sp³-hybridized carbons (Fsp3) is 0.583. The lowest BCUT2D eigenvalue weighted by Gasteiger charge is -2.14. The highest BCUT2D eigenvalue weighted by Gasteiger charge is 2.12. The first-order valence-corrected chi connectivity index (χ1v) is 5.77. The van der Waals surface area contributed by atoms with Crippen LogP contribution in [0.5, 0.6) is 0 Å². The Morgan fingerprint density at radius 3 is 2.82 bits per heavy atom. The van der Waals surface area contributed by atoms with E-state index < -0.39 is 5.97 Å². The summed E-state index contributed by atoms with van der Waals surface area (Å²) in [4.78, 5) is 19.5. The molecule has 5 nitrogen and oxygen atoms in total. The Balaban J connectivity index is 2.85. The van der Waals surface area contributed by atoms with Gasteiger partial charge in [-0.15, -0.1) is 0 Å². The average molecular weight is 237 g/mol. The van der Waals surface area contributed by atoms with Gasteiger partial charge in [0.15, 0.2) is 0 Å². The molecule has 5 heteroatoms. The molecule has 0 fully saturated rings. The van der Waals surface area contributed by atoms with Crippen molar-refractivity contribution >= 4 is 11.8 Å². The molecule has 0 radical (unpaired) electrons. The molecule has 0 bridgehead atoms. The van der Waals surface area contributed by atoms with Crippen LogP contribution in [0.1, 0.15) is 43.0 Å². The summed E-state index contributed by atoms with van der Waals surface area (Å²) in [5, 5.41) is 3.24. The molecule has 1 aromatic heterocycles. The van der Waals surface area contributed by atoms with E-state index in [1.165, 1.54) is 7.11 Å². The fourth-order valence-electron chi connectivity index (χ4n) is 1.58. The smallest absolute Gasteiger partial charge is 0.376 e. The van der Waals surface area contributed by atoms with E-state index in [2.05, 4.69) is 33.9 Å². The number of carbonyl (C=O) groups excluding carboxylic acids is 1. The highest BCUT2D eigenvalue weighted by atomic mass is 16.5. The monoisotopic (exact) mass is 237 g/mol. The molecule has 1 N–H and O–H groups in total. The molecular weight excluding hydrogens is 218 g/mol. The Morgan fingerprint density at radius 1 is 1.53 bits per heavy atom. The molecule has 94 valence electrons. The predicted octanol–water partition coefficient (Wildman–Crippen LogP) is 2.17. The highest BCUT2D eigenvalue weighted by Crippen LogP contribution is 2.10. The minimum Gasteiger partial charge on any atom is -0.463 e. The van der Waals surface area contributed by atoms with Gasteiger partial charge in [-0.3, -0.25) is 0 Å². The second-order valence-corrected chi connectivity index (χ2v) is 4.04. The maximum absolute atomic E-state index is 11.4. The number of ether oxygens (including phenoxy) is 1. The zero-order valence-electron chi connectivity index (χ0n) is 10.8. The summed E-state index contributed by atoms with van der Waals surface area (Å²) in [6.45, 7) is 6.03. The van der Waals surface area contributed by atoms with Gasteiger partial charge < -0.3 is 10.1 Å². The molecule has 17 heavy (non-hydrogen) atoms. The molecule has 1 atom stereocenters. The number of hydrogen-bond acceptors (Lipinski definition) is 5. The first-order chi connectivity index (χ1) is 8.06. The standard InChI is InChI=1S/C12H19N3O2/c1-5-6-8(2)13-10-7-9(3)14-11(15-10)12(16)17-4/h7-8H,5-6H2,1-4H3,(H,13,14,15). The first-order valence-electron chi connectivity index (χ1n) is 5.77. The molecule has 0 saturated carbocycles. The van der Waals surface area contributed by atoms with Crippen molar-refractivity contribution in [1.82, 2.24) is 9.97 Å². The molecule has 0 saturated heterocycles. The lowest BCUT2D eigenvalue weighted by molar-refractivity contribution is 0.0586. The summed E-state index contributed by atoms with van der Waals surface area (Å²) >= 11 is 0. The van der Waals surface area contributed by atoms with Gasteiger partial charge in [-0.05, 0) is 20.3 Å². The molecule has 1 unspecified atom stereocenters. The van der Waals surface area contributed by atoms with Gasteiger partial charge in [-0.1, -0.05) is 13.3 Å². The minimum absolute atomic E-state index is 0.0960. The molecule has 0 aliphatic rings. The Bertz CT molecular complexity index is 393. The van der Waals surface area contributed by atoms with E-state index in [4.69, 9.17) is 0 Å². The lowest BCUT2D eigenvalue weighted by atomic mass is 10.2. The van der Waals surface area contributed by atoms with Crippen molar-refractivity contribution in [3.8, 4) is 0 Å². The van der Waals surface area contributed by atoms with Crippen molar-refractivity contribution in [2.45, 2.75) is 39.7 Å². The predicted molar refractivity (Wildman–Crippen MR) is 66.1 cm³/mol. The van der Waals surface area contributed by atoms with Gasteiger partial charge in [-0.2, -0.15) is 0 Å². The van der Waals surface area contributed by atoms with Gasteiger partial charge in [0.05, 0.1) is 7.11 Å². The molecule has 1 rings (SSSR count). The zero-order valence-corrected chi connectivity index (χ0v) is 10.8. The zero-order chi connectivity index (χ0) is 12.8. The summed E-state index contributed by atoms with van der Waals surface area (Å²) in [5.74, 6) is 0.248. The molecule has 0 aliphatic heterocycles. The topological polar surface area (TPSA) is 64.1 Å². The van der Waals surface area contributed by atoms with Crippen molar-refractivity contribution < 1.29 is 9.53 Å². The number of anilines is 1. The van der Waals surface area contributed by atoms with E-state index in [1.807, 2.05) is 13.0 Å². The minimum atomic E-state index is -0.514. The fourth-order valence-corrected chi connectivity index (χ4v) is 1.58. The second-order valence-electron chi connectivity index (χ2n) is 4.04. The van der Waals surface area contributed by atoms with Crippen molar-refractivity contribution in [2.24, 2.45) is 0 Å². The van der Waals surface area contributed by atoms with Gasteiger partial charge >= 0.3 is 5.97 Å². The van der Waals surface area contributed by atoms with Gasteiger partial charge in [-0.25, -0.2) is 14.8 Å². The number of nitrogens with one attached hydrogen (secondary N) is 1. The second kappa shape index (κ2) is 6.18. The number of methoxy groups -OCH3 is 1. The molecule has 0 aromatic carbocycles. The van der Waals surface area contributed by atoms with Crippen LogP contribution >= 0.6 is 0 Å². The highest BCUT2D eigenvalue weighted by molar-refractivity contribution is 5.85. The van der Waals surface area contributed by atoms with Crippen molar-refractivity contribution in [3.05, 3.63) is 17.6 Å². The Hall–Kier alpha value is -1.65. The van der Waals surface area contributed by atoms with E-state index in [0.29, 0.717) is 11.9 Å². The van der Waals surface area contributed by atoms with Crippen LogP contribution in [0.4, 0.5) is 5.82 Å². The Kier molecular flexibility index (Phi) is 4.87. The van der Waals surface area contributed by atoms with Gasteiger partial charge in [0.2, 0.25) is 5.82 Å². The van der Waals surface area contributed by atoms with E-state index >= 15 is 0 Å². The summed E-state index contributed by atoms with van der Waals surface area (Å²) in [6, 6.07) is 2.14. The first kappa shape index (κ1) is 13.4. The molecule has 0 amide bonds. The average Bonchev–Trinajstić information content (AvgIpc) is 2.27. The quantitative estimate of drug-likeness (QED) is 0.795. The van der Waals surface area contributed by atoms with Gasteiger partial charge in [0.25, 0.3) is 0 Å². The lowest BCUT2D eigenvalue weighted by Crippen LogP contribution is -2.18. The number of rotatable bonds is 5. The van der Waals surface area contributed by atoms with Crippen LogP contribution in [0.15, 0.2) is 6.07 Å². The van der Waals surface area contributed by atoms with Crippen molar-refractivity contribution in [2.75, 3.05) is 12.4 Å². The van der Waals surface area contributed by atoms with Gasteiger partial charge in [0, 0.05) is 17.8 Å². The molecule has 1 aromatic rings. The van der Waals surface area contributed by atoms with Crippen LogP contribution in [-0.4, -0.2) is 29.1 Å². The van der Waals surface area contributed by atoms with Crippen LogP contribution in [-0.2, 0) is 4.74 Å². The third kappa shape index (κ3) is 4.01. The van der Waals surface area contributed by atoms with Gasteiger partial charge in [0.1, 0.15) is 5.82 Å². The summed E-state index contributed by atoms with van der Waals surface area (Å²) in [5.41, 5.74) is 0.742. The number of hydrogen-bond donors (Lipinski definition) is 1. The number of aryl methyl sites for hydroxylation is 1. The molecule has 1 heterocycles. The van der Waals surface area contributed by atoms with E-state index in [-0.39, 0.29) is 5.82 Å². The summed E-state index contributed by atoms with van der Waals surface area (Å²) in [6.07, 6.45) is 2.15. The van der Waals surface area contributed by atoms with Crippen LogP contribution < -0.4 is 5.32 Å². The molecule has 0 aliphatic carbocycles. The number of esters is 1. The Labute approximate surface area is 102 Å². The number of nitrogens with zero attached hydrogens (tertiary/aromatic N) is 2. The van der Waals surface area contributed by atoms with Crippen LogP contribution in [0, 0.1) is 6.92 Å². The third-order valence-electron chi connectivity index (χ3n) is 2.34. The van der Waals surface area contributed by atoms with E-state index in [9.17, 15) is 4.79 Å². The third-order valence-corrected chi connectivity index (χ3v) is 2.34. The van der Waals surface area contributed by atoms with Crippen LogP contribution in [0.25, 0.3) is 0 Å². The Morgan fingerprint density at radius 2 is 2.24 bits per heavy atom. The molecular formula is C12H19N3O2. The molecule has 0 spiro atoms. The normalized spacial score (nSPS) is 12.0. The van der Waals surface area contributed by atoms with Crippen molar-refractivity contribution in [3.63, 3.8) is 0 Å².